The summed E-state index contributed by atoms with van der Waals surface area (Å²) in [6.45, 7) is 2.73. The first-order chi connectivity index (χ1) is 11.1. The van der Waals surface area contributed by atoms with Crippen molar-refractivity contribution in [2.24, 2.45) is 5.92 Å². The van der Waals surface area contributed by atoms with Crippen molar-refractivity contribution < 1.29 is 23.9 Å². The van der Waals surface area contributed by atoms with Crippen molar-refractivity contribution in [2.75, 3.05) is 25.2 Å². The molecule has 1 fully saturated rings. The fourth-order valence-corrected chi connectivity index (χ4v) is 2.45. The lowest BCUT2D eigenvalue weighted by molar-refractivity contribution is -0.145. The summed E-state index contributed by atoms with van der Waals surface area (Å²) < 4.78 is 9.82. The van der Waals surface area contributed by atoms with Gasteiger partial charge in [0.05, 0.1) is 25.2 Å². The Morgan fingerprint density at radius 3 is 2.57 bits per heavy atom. The number of nitrogens with zero attached hydrogens (tertiary/aromatic N) is 1. The third-order valence-corrected chi connectivity index (χ3v) is 3.81. The molecule has 0 radical (unpaired) electrons. The number of rotatable bonds is 6. The minimum absolute atomic E-state index is 0.126. The van der Waals surface area contributed by atoms with Crippen molar-refractivity contribution in [1.82, 2.24) is 0 Å². The SMILES string of the molecule is CCCCOC(=O)c1ccc(N2CC(C(=O)OC)CC2=O)cc1. The predicted octanol–water partition coefficient (Wildman–Crippen LogP) is 2.17. The van der Waals surface area contributed by atoms with E-state index in [0.717, 1.165) is 12.8 Å². The molecule has 0 N–H and O–H groups in total. The largest absolute Gasteiger partial charge is 0.469 e. The third kappa shape index (κ3) is 4.09. The Bertz CT molecular complexity index is 581. The van der Waals surface area contributed by atoms with Crippen LogP contribution < -0.4 is 4.90 Å². The molecule has 1 amide bonds. The van der Waals surface area contributed by atoms with Gasteiger partial charge in [-0.1, -0.05) is 13.3 Å². The molecule has 6 heteroatoms. The van der Waals surface area contributed by atoms with E-state index in [1.165, 1.54) is 12.0 Å². The number of benzene rings is 1. The number of amides is 1. The average Bonchev–Trinajstić information content (AvgIpc) is 2.96. The first-order valence-corrected chi connectivity index (χ1v) is 7.72. The van der Waals surface area contributed by atoms with E-state index in [1.54, 1.807) is 24.3 Å². The Labute approximate surface area is 135 Å². The van der Waals surface area contributed by atoms with Crippen LogP contribution in [0.1, 0.15) is 36.5 Å². The highest BCUT2D eigenvalue weighted by molar-refractivity contribution is 6.00. The van der Waals surface area contributed by atoms with E-state index in [0.29, 0.717) is 24.4 Å². The molecule has 1 atom stereocenters. The second-order valence-electron chi connectivity index (χ2n) is 5.46. The monoisotopic (exact) mass is 319 g/mol. The second kappa shape index (κ2) is 7.76. The molecular weight excluding hydrogens is 298 g/mol. The molecule has 1 saturated heterocycles. The lowest BCUT2D eigenvalue weighted by Gasteiger charge is -2.16. The van der Waals surface area contributed by atoms with Gasteiger partial charge in [0.1, 0.15) is 0 Å². The van der Waals surface area contributed by atoms with Crippen LogP contribution >= 0.6 is 0 Å². The van der Waals surface area contributed by atoms with E-state index in [9.17, 15) is 14.4 Å². The maximum absolute atomic E-state index is 12.0. The highest BCUT2D eigenvalue weighted by Crippen LogP contribution is 2.26. The number of hydrogen-bond donors (Lipinski definition) is 0. The molecule has 0 bridgehead atoms. The number of anilines is 1. The molecule has 0 spiro atoms. The molecule has 0 aromatic heterocycles. The summed E-state index contributed by atoms with van der Waals surface area (Å²) >= 11 is 0. The molecular formula is C17H21NO5. The number of carbonyl (C=O) groups is 3. The molecule has 0 saturated carbocycles. The minimum atomic E-state index is -0.439. The van der Waals surface area contributed by atoms with Gasteiger partial charge in [0.25, 0.3) is 0 Å². The number of methoxy groups -OCH3 is 1. The van der Waals surface area contributed by atoms with E-state index < -0.39 is 5.92 Å². The van der Waals surface area contributed by atoms with Crippen LogP contribution in [0.3, 0.4) is 0 Å². The van der Waals surface area contributed by atoms with E-state index in [-0.39, 0.29) is 24.3 Å². The topological polar surface area (TPSA) is 72.9 Å². The van der Waals surface area contributed by atoms with Gasteiger partial charge in [-0.25, -0.2) is 4.79 Å². The van der Waals surface area contributed by atoms with E-state index in [2.05, 4.69) is 4.74 Å². The van der Waals surface area contributed by atoms with Gasteiger partial charge in [-0.3, -0.25) is 9.59 Å². The minimum Gasteiger partial charge on any atom is -0.469 e. The van der Waals surface area contributed by atoms with Crippen LogP contribution in [-0.4, -0.2) is 38.1 Å². The van der Waals surface area contributed by atoms with E-state index in [4.69, 9.17) is 4.74 Å². The third-order valence-electron chi connectivity index (χ3n) is 3.81. The van der Waals surface area contributed by atoms with Gasteiger partial charge >= 0.3 is 11.9 Å². The number of unbranched alkanes of at least 4 members (excludes halogenated alkanes) is 1. The summed E-state index contributed by atoms with van der Waals surface area (Å²) in [7, 11) is 1.31. The normalized spacial score (nSPS) is 17.2. The van der Waals surface area contributed by atoms with Crippen molar-refractivity contribution >= 4 is 23.5 Å². The predicted molar refractivity (Wildman–Crippen MR) is 84.1 cm³/mol. The Hall–Kier alpha value is -2.37. The van der Waals surface area contributed by atoms with E-state index >= 15 is 0 Å². The van der Waals surface area contributed by atoms with Crippen LogP contribution in [0.2, 0.25) is 0 Å². The Balaban J connectivity index is 2.01. The molecule has 1 aliphatic rings. The van der Waals surface area contributed by atoms with Gasteiger partial charge in [0, 0.05) is 18.7 Å². The summed E-state index contributed by atoms with van der Waals surface area (Å²) in [6.07, 6.45) is 1.94. The maximum atomic E-state index is 12.0. The lowest BCUT2D eigenvalue weighted by Crippen LogP contribution is -2.26. The molecule has 0 aliphatic carbocycles. The maximum Gasteiger partial charge on any atom is 0.338 e. The lowest BCUT2D eigenvalue weighted by atomic mass is 10.1. The number of ether oxygens (including phenoxy) is 2. The zero-order valence-electron chi connectivity index (χ0n) is 13.4. The highest BCUT2D eigenvalue weighted by atomic mass is 16.5. The summed E-state index contributed by atoms with van der Waals surface area (Å²) in [6, 6.07) is 6.63. The average molecular weight is 319 g/mol. The molecule has 1 heterocycles. The van der Waals surface area contributed by atoms with Gasteiger partial charge in [-0.2, -0.15) is 0 Å². The van der Waals surface area contributed by atoms with Crippen LogP contribution in [-0.2, 0) is 19.1 Å². The van der Waals surface area contributed by atoms with Crippen LogP contribution in [0.5, 0.6) is 0 Å². The van der Waals surface area contributed by atoms with E-state index in [1.807, 2.05) is 6.92 Å². The fourth-order valence-electron chi connectivity index (χ4n) is 2.45. The molecule has 1 aliphatic heterocycles. The van der Waals surface area contributed by atoms with Gasteiger partial charge in [0.15, 0.2) is 0 Å². The van der Waals surface area contributed by atoms with Crippen molar-refractivity contribution in [3.63, 3.8) is 0 Å². The fraction of sp³-hybridized carbons (Fsp3) is 0.471. The van der Waals surface area contributed by atoms with Crippen molar-refractivity contribution in [3.8, 4) is 0 Å². The molecule has 124 valence electrons. The molecule has 23 heavy (non-hydrogen) atoms. The molecule has 1 aromatic rings. The van der Waals surface area contributed by atoms with Gasteiger partial charge in [0.2, 0.25) is 5.91 Å². The first kappa shape index (κ1) is 17.0. The van der Waals surface area contributed by atoms with Crippen molar-refractivity contribution in [3.05, 3.63) is 29.8 Å². The van der Waals surface area contributed by atoms with Crippen molar-refractivity contribution in [1.29, 1.82) is 0 Å². The van der Waals surface area contributed by atoms with Gasteiger partial charge < -0.3 is 14.4 Å². The number of esters is 2. The summed E-state index contributed by atoms with van der Waals surface area (Å²) in [5, 5.41) is 0. The quantitative estimate of drug-likeness (QED) is 0.593. The van der Waals surface area contributed by atoms with Crippen LogP contribution in [0.15, 0.2) is 24.3 Å². The smallest absolute Gasteiger partial charge is 0.338 e. The molecule has 2 rings (SSSR count). The van der Waals surface area contributed by atoms with Gasteiger partial charge in [-0.15, -0.1) is 0 Å². The molecule has 1 aromatic carbocycles. The molecule has 6 nitrogen and oxygen atoms in total. The van der Waals surface area contributed by atoms with Gasteiger partial charge in [-0.05, 0) is 30.7 Å². The van der Waals surface area contributed by atoms with Crippen molar-refractivity contribution in [2.45, 2.75) is 26.2 Å². The zero-order valence-corrected chi connectivity index (χ0v) is 13.4. The van der Waals surface area contributed by atoms with Crippen LogP contribution in [0.4, 0.5) is 5.69 Å². The standard InChI is InChI=1S/C17H21NO5/c1-3-4-9-23-17(21)12-5-7-14(8-6-12)18-11-13(10-15(18)19)16(20)22-2/h5-8,13H,3-4,9-11H2,1-2H3. The molecule has 1 unspecified atom stereocenters. The summed E-state index contributed by atoms with van der Waals surface area (Å²) in [5.41, 5.74) is 1.10. The Morgan fingerprint density at radius 2 is 1.96 bits per heavy atom. The highest BCUT2D eigenvalue weighted by Gasteiger charge is 2.35. The number of hydrogen-bond acceptors (Lipinski definition) is 5. The zero-order chi connectivity index (χ0) is 16.8. The number of carbonyl (C=O) groups excluding carboxylic acids is 3. The Morgan fingerprint density at radius 1 is 1.26 bits per heavy atom. The second-order valence-corrected chi connectivity index (χ2v) is 5.46. The first-order valence-electron chi connectivity index (χ1n) is 7.72. The summed E-state index contributed by atoms with van der Waals surface area (Å²) in [5.74, 6) is -1.31. The summed E-state index contributed by atoms with van der Waals surface area (Å²) in [4.78, 5) is 36.9. The Kier molecular flexibility index (Phi) is 5.73. The van der Waals surface area contributed by atoms with Crippen LogP contribution in [0.25, 0.3) is 0 Å². The van der Waals surface area contributed by atoms with Crippen LogP contribution in [0, 0.1) is 5.92 Å².